The predicted molar refractivity (Wildman–Crippen MR) is 121 cm³/mol. The zero-order valence-electron chi connectivity index (χ0n) is 16.9. The number of hydrogen-bond acceptors (Lipinski definition) is 5. The van der Waals surface area contributed by atoms with Gasteiger partial charge in [-0.15, -0.1) is 0 Å². The molecule has 0 atom stereocenters. The number of halogens is 1. The molecule has 0 bridgehead atoms. The number of allylic oxidation sites excluding steroid dienone is 4. The molecule has 0 spiro atoms. The molecule has 5 nitrogen and oxygen atoms in total. The minimum absolute atomic E-state index is 0.0663. The minimum atomic E-state index is 0.0663. The first-order valence-electron chi connectivity index (χ1n) is 9.85. The average molecular weight is 409 g/mol. The van der Waals surface area contributed by atoms with Gasteiger partial charge in [-0.1, -0.05) is 11.6 Å². The Morgan fingerprint density at radius 1 is 1.21 bits per heavy atom. The normalized spacial score (nSPS) is 18.8. The van der Waals surface area contributed by atoms with Crippen LogP contribution in [0.25, 0.3) is 16.5 Å². The Bertz CT molecular complexity index is 1110. The van der Waals surface area contributed by atoms with Crippen LogP contribution in [-0.4, -0.2) is 35.9 Å². The van der Waals surface area contributed by atoms with Crippen LogP contribution < -0.4 is 10.2 Å². The molecular formula is C23H25ClN4O. The summed E-state index contributed by atoms with van der Waals surface area (Å²) in [5.74, 6) is 0.0663. The first kappa shape index (κ1) is 19.5. The molecule has 2 aliphatic rings. The largest absolute Gasteiger partial charge is 0.507 e. The molecule has 2 aromatic rings. The van der Waals surface area contributed by atoms with Crippen LogP contribution in [0.15, 0.2) is 47.4 Å². The lowest BCUT2D eigenvalue weighted by Crippen LogP contribution is -2.18. The van der Waals surface area contributed by atoms with Crippen molar-refractivity contribution in [2.75, 3.05) is 25.0 Å². The van der Waals surface area contributed by atoms with E-state index in [1.807, 2.05) is 0 Å². The van der Waals surface area contributed by atoms with Gasteiger partial charge in [-0.2, -0.15) is 0 Å². The molecule has 3 N–H and O–H groups in total. The smallest absolute Gasteiger partial charge is 0.130 e. The summed E-state index contributed by atoms with van der Waals surface area (Å²) in [5.41, 5.74) is 5.87. The van der Waals surface area contributed by atoms with Crippen molar-refractivity contribution in [3.63, 3.8) is 0 Å². The minimum Gasteiger partial charge on any atom is -0.507 e. The van der Waals surface area contributed by atoms with Crippen molar-refractivity contribution in [3.8, 4) is 0 Å². The van der Waals surface area contributed by atoms with Crippen LogP contribution in [-0.2, 0) is 0 Å². The van der Waals surface area contributed by atoms with E-state index in [4.69, 9.17) is 22.0 Å². The molecule has 29 heavy (non-hydrogen) atoms. The van der Waals surface area contributed by atoms with Crippen LogP contribution >= 0.6 is 11.6 Å². The second-order valence-electron chi connectivity index (χ2n) is 7.63. The summed E-state index contributed by atoms with van der Waals surface area (Å²) in [7, 11) is 1.78. The first-order chi connectivity index (χ1) is 13.9. The van der Waals surface area contributed by atoms with Crippen LogP contribution in [0.3, 0.4) is 0 Å². The molecule has 6 heteroatoms. The number of aliphatic hydroxyl groups is 1. The van der Waals surface area contributed by atoms with Crippen molar-refractivity contribution in [1.82, 2.24) is 10.3 Å². The van der Waals surface area contributed by atoms with Gasteiger partial charge in [0.1, 0.15) is 5.76 Å². The van der Waals surface area contributed by atoms with Gasteiger partial charge in [0.2, 0.25) is 0 Å². The van der Waals surface area contributed by atoms with Gasteiger partial charge in [0.25, 0.3) is 0 Å². The zero-order chi connectivity index (χ0) is 20.7. The van der Waals surface area contributed by atoms with Gasteiger partial charge in [0, 0.05) is 54.1 Å². The summed E-state index contributed by atoms with van der Waals surface area (Å²) < 4.78 is 0. The van der Waals surface area contributed by atoms with Gasteiger partial charge < -0.3 is 15.3 Å². The van der Waals surface area contributed by atoms with Gasteiger partial charge >= 0.3 is 0 Å². The summed E-state index contributed by atoms with van der Waals surface area (Å²) in [6.45, 7) is 5.99. The van der Waals surface area contributed by atoms with E-state index in [-0.39, 0.29) is 5.76 Å². The van der Waals surface area contributed by atoms with Gasteiger partial charge in [-0.05, 0) is 56.5 Å². The Morgan fingerprint density at radius 2 is 1.93 bits per heavy atom. The van der Waals surface area contributed by atoms with E-state index in [1.54, 1.807) is 32.3 Å². The number of anilines is 1. The van der Waals surface area contributed by atoms with E-state index >= 15 is 0 Å². The number of nitrogens with one attached hydrogen (secondary N) is 2. The Kier molecular flexibility index (Phi) is 5.09. The van der Waals surface area contributed by atoms with Crippen molar-refractivity contribution in [2.45, 2.75) is 26.7 Å². The quantitative estimate of drug-likeness (QED) is 0.656. The third-order valence-electron chi connectivity index (χ3n) is 5.67. The molecule has 1 aliphatic carbocycles. The molecule has 1 saturated heterocycles. The van der Waals surface area contributed by atoms with Crippen molar-refractivity contribution in [3.05, 3.63) is 63.7 Å². The Labute approximate surface area is 175 Å². The molecule has 1 aliphatic heterocycles. The molecule has 1 fully saturated rings. The summed E-state index contributed by atoms with van der Waals surface area (Å²) >= 11 is 6.67. The second kappa shape index (κ2) is 7.56. The number of benzene rings is 1. The maximum atomic E-state index is 10.7. The predicted octanol–water partition coefficient (Wildman–Crippen LogP) is 5.15. The fraction of sp³-hybridized carbons (Fsp3) is 0.304. The summed E-state index contributed by atoms with van der Waals surface area (Å²) in [5, 5.41) is 23.4. The molecule has 150 valence electrons. The van der Waals surface area contributed by atoms with Crippen molar-refractivity contribution in [2.24, 2.45) is 0 Å². The lowest BCUT2D eigenvalue weighted by molar-refractivity contribution is 0.433. The molecule has 0 amide bonds. The lowest BCUT2D eigenvalue weighted by Gasteiger charge is -2.22. The number of hydrogen-bond donors (Lipinski definition) is 3. The lowest BCUT2D eigenvalue weighted by atomic mass is 9.91. The monoisotopic (exact) mass is 408 g/mol. The maximum absolute atomic E-state index is 10.7. The summed E-state index contributed by atoms with van der Waals surface area (Å²) in [6.07, 6.45) is 5.96. The molecule has 2 heterocycles. The number of nitrogens with zero attached hydrogens (tertiary/aromatic N) is 2. The molecule has 0 unspecified atom stereocenters. The van der Waals surface area contributed by atoms with Crippen LogP contribution in [0.4, 0.5) is 5.69 Å². The number of aryl methyl sites for hydroxylation is 1. The van der Waals surface area contributed by atoms with Crippen molar-refractivity contribution < 1.29 is 5.11 Å². The van der Waals surface area contributed by atoms with E-state index in [1.165, 1.54) is 24.1 Å². The Morgan fingerprint density at radius 3 is 2.62 bits per heavy atom. The standard InChI is InChI=1S/C23H25ClN4O/c1-13-8-19-16(10-21(13)28-6-4-5-7-28)18(24)11-20(27-19)17-9-15(12-26-3)22(25)14(2)23(17)29/h8-12,25-26,29H,4-7H2,1-3H3/b15-12-,25-22?. The fourth-order valence-electron chi connectivity index (χ4n) is 4.06. The van der Waals surface area contributed by atoms with E-state index in [2.05, 4.69) is 29.3 Å². The van der Waals surface area contributed by atoms with E-state index in [9.17, 15) is 5.11 Å². The van der Waals surface area contributed by atoms with Crippen LogP contribution in [0, 0.1) is 12.3 Å². The number of aliphatic hydroxyl groups excluding tert-OH is 1. The molecule has 4 rings (SSSR count). The molecule has 1 aromatic heterocycles. The highest BCUT2D eigenvalue weighted by atomic mass is 35.5. The zero-order valence-corrected chi connectivity index (χ0v) is 17.7. The third kappa shape index (κ3) is 3.40. The van der Waals surface area contributed by atoms with Crippen molar-refractivity contribution in [1.29, 1.82) is 5.41 Å². The van der Waals surface area contributed by atoms with Crippen LogP contribution in [0.2, 0.25) is 5.02 Å². The third-order valence-corrected chi connectivity index (χ3v) is 5.98. The van der Waals surface area contributed by atoms with Crippen LogP contribution in [0.1, 0.15) is 31.0 Å². The fourth-order valence-corrected chi connectivity index (χ4v) is 4.31. The van der Waals surface area contributed by atoms with Crippen molar-refractivity contribution >= 4 is 39.5 Å². The first-order valence-corrected chi connectivity index (χ1v) is 10.2. The van der Waals surface area contributed by atoms with Gasteiger partial charge in [-0.25, -0.2) is 4.98 Å². The number of rotatable bonds is 3. The van der Waals surface area contributed by atoms with E-state index < -0.39 is 0 Å². The number of fused-ring (bicyclic) bond motifs is 1. The second-order valence-corrected chi connectivity index (χ2v) is 8.04. The Balaban J connectivity index is 1.85. The van der Waals surface area contributed by atoms with E-state index in [0.717, 1.165) is 24.0 Å². The van der Waals surface area contributed by atoms with E-state index in [0.29, 0.717) is 33.1 Å². The Hall–Kier alpha value is -2.79. The maximum Gasteiger partial charge on any atom is 0.130 e. The highest BCUT2D eigenvalue weighted by molar-refractivity contribution is 6.35. The topological polar surface area (TPSA) is 72.2 Å². The average Bonchev–Trinajstić information content (AvgIpc) is 3.22. The molecule has 1 aromatic carbocycles. The molecular weight excluding hydrogens is 384 g/mol. The van der Waals surface area contributed by atoms with Gasteiger partial charge in [-0.3, -0.25) is 5.41 Å². The molecule has 0 radical (unpaired) electrons. The summed E-state index contributed by atoms with van der Waals surface area (Å²) in [4.78, 5) is 7.21. The molecule has 0 saturated carbocycles. The highest BCUT2D eigenvalue weighted by Crippen LogP contribution is 2.36. The highest BCUT2D eigenvalue weighted by Gasteiger charge is 2.23. The summed E-state index contributed by atoms with van der Waals surface area (Å²) in [6, 6.07) is 6.00. The number of pyridine rings is 1. The SMILES string of the molecule is CN/C=C1/C=C(c2cc(Cl)c3cc(N4CCCC4)c(C)cc3n2)C(O)=C(C)C1=N. The number of aromatic nitrogens is 1. The van der Waals surface area contributed by atoms with Gasteiger partial charge in [0.15, 0.2) is 0 Å². The van der Waals surface area contributed by atoms with Gasteiger partial charge in [0.05, 0.1) is 21.9 Å². The van der Waals surface area contributed by atoms with Crippen LogP contribution in [0.5, 0.6) is 0 Å².